The third-order valence-electron chi connectivity index (χ3n) is 3.54. The summed E-state index contributed by atoms with van der Waals surface area (Å²) < 4.78 is 10.9. The predicted molar refractivity (Wildman–Crippen MR) is 68.5 cm³/mol. The third kappa shape index (κ3) is 2.31. The summed E-state index contributed by atoms with van der Waals surface area (Å²) in [6, 6.07) is 6.35. The van der Waals surface area contributed by atoms with E-state index in [0.29, 0.717) is 0 Å². The second kappa shape index (κ2) is 5.07. The molecule has 1 aromatic carbocycles. The summed E-state index contributed by atoms with van der Waals surface area (Å²) in [4.78, 5) is 0. The Balaban J connectivity index is 2.32. The molecule has 0 radical (unpaired) electrons. The number of methoxy groups -OCH3 is 1. The molecule has 1 aromatic rings. The van der Waals surface area contributed by atoms with Crippen LogP contribution in [0.15, 0.2) is 18.2 Å². The van der Waals surface area contributed by atoms with Gasteiger partial charge >= 0.3 is 0 Å². The average Bonchev–Trinajstić information content (AvgIpc) is 2.28. The Hall–Kier alpha value is -1.06. The fourth-order valence-electron chi connectivity index (χ4n) is 2.46. The molecule has 0 aliphatic carbocycles. The van der Waals surface area contributed by atoms with E-state index in [0.717, 1.165) is 38.3 Å². The summed E-state index contributed by atoms with van der Waals surface area (Å²) in [6.07, 6.45) is 2.10. The van der Waals surface area contributed by atoms with E-state index in [4.69, 9.17) is 15.2 Å². The zero-order valence-corrected chi connectivity index (χ0v) is 10.7. The molecule has 0 atom stereocenters. The first-order chi connectivity index (χ1) is 8.22. The van der Waals surface area contributed by atoms with Gasteiger partial charge in [0.05, 0.1) is 20.3 Å². The van der Waals surface area contributed by atoms with Gasteiger partial charge in [-0.3, -0.25) is 0 Å². The van der Waals surface area contributed by atoms with E-state index < -0.39 is 0 Å². The second-order valence-corrected chi connectivity index (χ2v) is 4.87. The third-order valence-corrected chi connectivity index (χ3v) is 3.54. The van der Waals surface area contributed by atoms with E-state index in [9.17, 15) is 0 Å². The van der Waals surface area contributed by atoms with Crippen molar-refractivity contribution < 1.29 is 9.47 Å². The van der Waals surface area contributed by atoms with Crippen LogP contribution in [0.1, 0.15) is 24.0 Å². The van der Waals surface area contributed by atoms with Crippen molar-refractivity contribution in [1.82, 2.24) is 0 Å². The fraction of sp³-hybridized carbons (Fsp3) is 0.571. The van der Waals surface area contributed by atoms with Crippen molar-refractivity contribution in [2.45, 2.75) is 25.2 Å². The van der Waals surface area contributed by atoms with Crippen LogP contribution in [0.25, 0.3) is 0 Å². The van der Waals surface area contributed by atoms with Gasteiger partial charge in [-0.05, 0) is 32.4 Å². The molecule has 0 saturated carbocycles. The number of ether oxygens (including phenoxy) is 2. The first-order valence-electron chi connectivity index (χ1n) is 6.15. The van der Waals surface area contributed by atoms with Gasteiger partial charge in [0.1, 0.15) is 5.75 Å². The smallest absolute Gasteiger partial charge is 0.122 e. The number of aryl methyl sites for hydroxylation is 1. The van der Waals surface area contributed by atoms with Crippen molar-refractivity contribution in [2.75, 3.05) is 26.9 Å². The lowest BCUT2D eigenvalue weighted by Gasteiger charge is -2.43. The number of rotatable bonds is 5. The molecule has 3 nitrogen and oxygen atoms in total. The molecule has 1 aliphatic rings. The highest BCUT2D eigenvalue weighted by molar-refractivity contribution is 5.43. The van der Waals surface area contributed by atoms with Gasteiger partial charge in [0.15, 0.2) is 0 Å². The maximum atomic E-state index is 5.62. The van der Waals surface area contributed by atoms with Crippen molar-refractivity contribution in [2.24, 2.45) is 5.73 Å². The Morgan fingerprint density at radius 1 is 1.41 bits per heavy atom. The van der Waals surface area contributed by atoms with Crippen LogP contribution in [0.4, 0.5) is 0 Å². The molecule has 0 bridgehead atoms. The molecule has 94 valence electrons. The monoisotopic (exact) mass is 235 g/mol. The Labute approximate surface area is 103 Å². The maximum Gasteiger partial charge on any atom is 0.122 e. The predicted octanol–water partition coefficient (Wildman–Crippen LogP) is 2.01. The van der Waals surface area contributed by atoms with Crippen LogP contribution in [-0.4, -0.2) is 26.9 Å². The molecule has 17 heavy (non-hydrogen) atoms. The molecule has 1 fully saturated rings. The van der Waals surface area contributed by atoms with Crippen molar-refractivity contribution in [3.63, 3.8) is 0 Å². The number of hydrogen-bond donors (Lipinski definition) is 1. The van der Waals surface area contributed by atoms with Gasteiger partial charge in [-0.25, -0.2) is 0 Å². The van der Waals surface area contributed by atoms with Crippen LogP contribution in [0.5, 0.6) is 5.75 Å². The highest BCUT2D eigenvalue weighted by atomic mass is 16.5. The molecule has 1 saturated heterocycles. The van der Waals surface area contributed by atoms with E-state index in [1.54, 1.807) is 7.11 Å². The van der Waals surface area contributed by atoms with E-state index in [1.807, 2.05) is 6.07 Å². The normalized spacial score (nSPS) is 17.6. The van der Waals surface area contributed by atoms with Crippen LogP contribution in [0, 0.1) is 6.92 Å². The van der Waals surface area contributed by atoms with E-state index in [1.165, 1.54) is 11.1 Å². The minimum atomic E-state index is 0.122. The standard InChI is InChI=1S/C14H21NO2/c1-11-4-5-13(16-2)12(8-11)14(6-3-7-15)9-17-10-14/h4-5,8H,3,6-7,9-10,15H2,1-2H3. The summed E-state index contributed by atoms with van der Waals surface area (Å²) in [5.74, 6) is 0.968. The average molecular weight is 235 g/mol. The van der Waals surface area contributed by atoms with Crippen LogP contribution < -0.4 is 10.5 Å². The first-order valence-corrected chi connectivity index (χ1v) is 6.15. The number of hydrogen-bond acceptors (Lipinski definition) is 3. The summed E-state index contributed by atoms with van der Waals surface area (Å²) >= 11 is 0. The lowest BCUT2D eigenvalue weighted by molar-refractivity contribution is -0.0658. The van der Waals surface area contributed by atoms with Crippen molar-refractivity contribution in [3.8, 4) is 5.75 Å². The molecule has 0 spiro atoms. The molecular weight excluding hydrogens is 214 g/mol. The summed E-state index contributed by atoms with van der Waals surface area (Å²) in [6.45, 7) is 4.41. The van der Waals surface area contributed by atoms with Gasteiger partial charge in [0.25, 0.3) is 0 Å². The highest BCUT2D eigenvalue weighted by Crippen LogP contribution is 2.41. The molecular formula is C14H21NO2. The second-order valence-electron chi connectivity index (χ2n) is 4.87. The van der Waals surface area contributed by atoms with E-state index in [-0.39, 0.29) is 5.41 Å². The summed E-state index contributed by atoms with van der Waals surface area (Å²) in [5.41, 5.74) is 8.28. The Bertz CT molecular complexity index is 386. The summed E-state index contributed by atoms with van der Waals surface area (Å²) in [5, 5.41) is 0. The van der Waals surface area contributed by atoms with Crippen molar-refractivity contribution in [3.05, 3.63) is 29.3 Å². The van der Waals surface area contributed by atoms with Crippen molar-refractivity contribution in [1.29, 1.82) is 0 Å². The lowest BCUT2D eigenvalue weighted by Crippen LogP contribution is -2.47. The van der Waals surface area contributed by atoms with Crippen LogP contribution >= 0.6 is 0 Å². The highest BCUT2D eigenvalue weighted by Gasteiger charge is 2.41. The van der Waals surface area contributed by atoms with Crippen LogP contribution in [-0.2, 0) is 10.2 Å². The zero-order valence-electron chi connectivity index (χ0n) is 10.7. The lowest BCUT2D eigenvalue weighted by atomic mass is 9.74. The van der Waals surface area contributed by atoms with Gasteiger partial charge in [-0.2, -0.15) is 0 Å². The van der Waals surface area contributed by atoms with Crippen LogP contribution in [0.3, 0.4) is 0 Å². The fourth-order valence-corrected chi connectivity index (χ4v) is 2.46. The quantitative estimate of drug-likeness (QED) is 0.849. The molecule has 1 heterocycles. The number of nitrogens with two attached hydrogens (primary N) is 1. The Kier molecular flexibility index (Phi) is 3.69. The first kappa shape index (κ1) is 12.4. The van der Waals surface area contributed by atoms with Gasteiger partial charge in [0, 0.05) is 11.0 Å². The topological polar surface area (TPSA) is 44.5 Å². The van der Waals surface area contributed by atoms with Crippen molar-refractivity contribution >= 4 is 0 Å². The van der Waals surface area contributed by atoms with E-state index >= 15 is 0 Å². The Morgan fingerprint density at radius 3 is 2.71 bits per heavy atom. The minimum absolute atomic E-state index is 0.122. The maximum absolute atomic E-state index is 5.62. The zero-order chi connectivity index (χ0) is 12.3. The van der Waals surface area contributed by atoms with Crippen LogP contribution in [0.2, 0.25) is 0 Å². The Morgan fingerprint density at radius 2 is 2.18 bits per heavy atom. The number of benzene rings is 1. The van der Waals surface area contributed by atoms with Gasteiger partial charge in [-0.1, -0.05) is 17.7 Å². The van der Waals surface area contributed by atoms with Gasteiger partial charge in [0.2, 0.25) is 0 Å². The largest absolute Gasteiger partial charge is 0.496 e. The summed E-state index contributed by atoms with van der Waals surface area (Å²) in [7, 11) is 1.73. The molecule has 0 aromatic heterocycles. The molecule has 2 rings (SSSR count). The molecule has 2 N–H and O–H groups in total. The molecule has 3 heteroatoms. The molecule has 0 unspecified atom stereocenters. The molecule has 1 aliphatic heterocycles. The van der Waals surface area contributed by atoms with Gasteiger partial charge in [-0.15, -0.1) is 0 Å². The van der Waals surface area contributed by atoms with Gasteiger partial charge < -0.3 is 15.2 Å². The van der Waals surface area contributed by atoms with E-state index in [2.05, 4.69) is 19.1 Å². The molecule has 0 amide bonds. The minimum Gasteiger partial charge on any atom is -0.496 e. The SMILES string of the molecule is COc1ccc(C)cc1C1(CCCN)COC1.